The second-order valence-corrected chi connectivity index (χ2v) is 8.54. The van der Waals surface area contributed by atoms with Gasteiger partial charge in [0.1, 0.15) is 5.82 Å². The summed E-state index contributed by atoms with van der Waals surface area (Å²) in [7, 11) is 0. The Morgan fingerprint density at radius 3 is 2.86 bits per heavy atom. The molecule has 2 aromatic rings. The number of aromatic nitrogens is 2. The molecule has 1 saturated heterocycles. The first-order chi connectivity index (χ1) is 13.5. The number of Topliss-reactive ketones (excluding diaryl/α,β-unsaturated/α-hetero) is 1. The number of nitrogens with zero attached hydrogens (tertiary/aromatic N) is 2. The number of fused-ring (bicyclic) bond motifs is 3. The van der Waals surface area contributed by atoms with Crippen LogP contribution in [-0.2, 0) is 34.2 Å². The number of carbonyl (C=O) groups excluding carboxylic acids is 2. The largest absolute Gasteiger partial charge is 0.447 e. The maximum Gasteiger partial charge on any atom is 0.410 e. The number of carbonyl (C=O) groups is 2. The normalized spacial score (nSPS) is 21.8. The maximum absolute atomic E-state index is 13.5. The Morgan fingerprint density at radius 1 is 1.32 bits per heavy atom. The van der Waals surface area contributed by atoms with E-state index in [-0.39, 0.29) is 23.9 Å². The third kappa shape index (κ3) is 2.50. The lowest BCUT2D eigenvalue weighted by atomic mass is 9.73. The molecule has 0 radical (unpaired) electrons. The van der Waals surface area contributed by atoms with Gasteiger partial charge in [0, 0.05) is 25.2 Å². The number of ether oxygens (including phenoxy) is 1. The van der Waals surface area contributed by atoms with E-state index in [0.29, 0.717) is 19.5 Å². The predicted octanol–water partition coefficient (Wildman–Crippen LogP) is 2.91. The molecule has 2 aliphatic carbocycles. The summed E-state index contributed by atoms with van der Waals surface area (Å²) in [6.07, 6.45) is 3.33. The molecule has 2 heterocycles. The first-order valence-electron chi connectivity index (χ1n) is 10.1. The Kier molecular flexibility index (Phi) is 3.86. The molecule has 28 heavy (non-hydrogen) atoms. The monoisotopic (exact) mass is 379 g/mol. The fraction of sp³-hybridized carbons (Fsp3) is 0.500. The second-order valence-electron chi connectivity index (χ2n) is 8.54. The highest BCUT2D eigenvalue weighted by Crippen LogP contribution is 2.49. The Balaban J connectivity index is 1.40. The van der Waals surface area contributed by atoms with Crippen LogP contribution in [0.15, 0.2) is 24.3 Å². The van der Waals surface area contributed by atoms with E-state index < -0.39 is 5.41 Å². The van der Waals surface area contributed by atoms with E-state index in [2.05, 4.69) is 11.1 Å². The number of nitrogens with one attached hydrogen (secondary N) is 1. The minimum atomic E-state index is -0.591. The molecule has 1 aromatic carbocycles. The summed E-state index contributed by atoms with van der Waals surface area (Å²) in [6, 6.07) is 8.06. The zero-order valence-electron chi connectivity index (χ0n) is 16.3. The molecular formula is C22H25N3O3. The highest BCUT2D eigenvalue weighted by Gasteiger charge is 2.59. The van der Waals surface area contributed by atoms with Crippen molar-refractivity contribution in [2.45, 2.75) is 57.0 Å². The second kappa shape index (κ2) is 6.19. The zero-order chi connectivity index (χ0) is 19.5. The molecular weight excluding hydrogens is 354 g/mol. The van der Waals surface area contributed by atoms with Crippen molar-refractivity contribution in [3.8, 4) is 0 Å². The van der Waals surface area contributed by atoms with Crippen molar-refractivity contribution in [3.05, 3.63) is 52.6 Å². The summed E-state index contributed by atoms with van der Waals surface area (Å²) in [6.45, 7) is 4.47. The Morgan fingerprint density at radius 2 is 2.11 bits per heavy atom. The molecule has 6 nitrogen and oxygen atoms in total. The highest BCUT2D eigenvalue weighted by atomic mass is 16.6. The number of aromatic amines is 1. The fourth-order valence-corrected chi connectivity index (χ4v) is 5.02. The summed E-state index contributed by atoms with van der Waals surface area (Å²) < 4.78 is 5.30. The number of imidazole rings is 1. The summed E-state index contributed by atoms with van der Waals surface area (Å²) in [5.74, 6) is 0.912. The lowest BCUT2D eigenvalue weighted by Crippen LogP contribution is -2.64. The molecule has 1 aliphatic heterocycles. The predicted molar refractivity (Wildman–Crippen MR) is 103 cm³/mol. The quantitative estimate of drug-likeness (QED) is 0.890. The van der Waals surface area contributed by atoms with Crippen molar-refractivity contribution < 1.29 is 14.3 Å². The zero-order valence-corrected chi connectivity index (χ0v) is 16.3. The molecule has 6 heteroatoms. The van der Waals surface area contributed by atoms with Gasteiger partial charge < -0.3 is 14.6 Å². The standard InChI is InChI=1S/C22H25N3O3/c1-13(2)28-21(27)25-11-22(12-25)16-7-4-3-6-14(16)15(20(22)26)10-19-23-17-8-5-9-18(17)24-19/h3-4,6-7,13,15H,5,8-12H2,1-2H3,(H,23,24). The number of hydrogen-bond donors (Lipinski definition) is 1. The number of H-pyrrole nitrogens is 1. The van der Waals surface area contributed by atoms with Crippen LogP contribution >= 0.6 is 0 Å². The van der Waals surface area contributed by atoms with Crippen molar-refractivity contribution in [2.75, 3.05) is 13.1 Å². The topological polar surface area (TPSA) is 75.3 Å². The lowest BCUT2D eigenvalue weighted by Gasteiger charge is -2.46. The molecule has 1 unspecified atom stereocenters. The van der Waals surface area contributed by atoms with Gasteiger partial charge >= 0.3 is 6.09 Å². The number of benzene rings is 1. The van der Waals surface area contributed by atoms with E-state index in [9.17, 15) is 9.59 Å². The van der Waals surface area contributed by atoms with Crippen LogP contribution in [0.2, 0.25) is 0 Å². The lowest BCUT2D eigenvalue weighted by molar-refractivity contribution is -0.130. The average molecular weight is 379 g/mol. The van der Waals surface area contributed by atoms with Crippen LogP contribution in [0.1, 0.15) is 54.5 Å². The van der Waals surface area contributed by atoms with E-state index in [1.807, 2.05) is 32.0 Å². The van der Waals surface area contributed by atoms with Crippen molar-refractivity contribution >= 4 is 11.9 Å². The first kappa shape index (κ1) is 17.5. The summed E-state index contributed by atoms with van der Waals surface area (Å²) >= 11 is 0. The van der Waals surface area contributed by atoms with E-state index >= 15 is 0 Å². The van der Waals surface area contributed by atoms with Crippen molar-refractivity contribution in [2.24, 2.45) is 0 Å². The van der Waals surface area contributed by atoms with E-state index in [1.54, 1.807) is 4.90 Å². The van der Waals surface area contributed by atoms with Crippen molar-refractivity contribution in [1.82, 2.24) is 14.9 Å². The smallest absolute Gasteiger partial charge is 0.410 e. The third-order valence-corrected chi connectivity index (χ3v) is 6.31. The van der Waals surface area contributed by atoms with E-state index in [1.165, 1.54) is 5.69 Å². The average Bonchev–Trinajstić information content (AvgIpc) is 3.25. The van der Waals surface area contributed by atoms with Crippen LogP contribution in [0.3, 0.4) is 0 Å². The molecule has 1 spiro atoms. The van der Waals surface area contributed by atoms with Crippen LogP contribution in [0.4, 0.5) is 4.79 Å². The molecule has 1 fully saturated rings. The van der Waals surface area contributed by atoms with Crippen LogP contribution in [-0.4, -0.2) is 45.9 Å². The van der Waals surface area contributed by atoms with Gasteiger partial charge in [0.2, 0.25) is 0 Å². The van der Waals surface area contributed by atoms with Gasteiger partial charge in [-0.3, -0.25) is 4.79 Å². The maximum atomic E-state index is 13.5. The van der Waals surface area contributed by atoms with Gasteiger partial charge in [0.05, 0.1) is 23.1 Å². The molecule has 5 rings (SSSR count). The van der Waals surface area contributed by atoms with Gasteiger partial charge in [-0.15, -0.1) is 0 Å². The molecule has 1 N–H and O–H groups in total. The molecule has 0 bridgehead atoms. The number of rotatable bonds is 3. The number of ketones is 1. The molecule has 3 aliphatic rings. The van der Waals surface area contributed by atoms with Crippen LogP contribution in [0.5, 0.6) is 0 Å². The number of likely N-dealkylation sites (tertiary alicyclic amines) is 1. The van der Waals surface area contributed by atoms with Crippen molar-refractivity contribution in [1.29, 1.82) is 0 Å². The molecule has 1 aromatic heterocycles. The third-order valence-electron chi connectivity index (χ3n) is 6.31. The van der Waals surface area contributed by atoms with Crippen LogP contribution in [0, 0.1) is 0 Å². The number of aryl methyl sites for hydroxylation is 2. The fourth-order valence-electron chi connectivity index (χ4n) is 5.02. The number of amides is 1. The first-order valence-corrected chi connectivity index (χ1v) is 10.1. The molecule has 0 saturated carbocycles. The van der Waals surface area contributed by atoms with Crippen molar-refractivity contribution in [3.63, 3.8) is 0 Å². The van der Waals surface area contributed by atoms with Gasteiger partial charge in [-0.2, -0.15) is 0 Å². The van der Waals surface area contributed by atoms with E-state index in [4.69, 9.17) is 9.72 Å². The van der Waals surface area contributed by atoms with Gasteiger partial charge in [-0.25, -0.2) is 9.78 Å². The Labute approximate surface area is 164 Å². The molecule has 146 valence electrons. The Bertz CT molecular complexity index is 934. The van der Waals surface area contributed by atoms with Crippen LogP contribution < -0.4 is 0 Å². The highest BCUT2D eigenvalue weighted by molar-refractivity contribution is 6.03. The SMILES string of the molecule is CC(C)OC(=O)N1CC2(C1)C(=O)C(Cc1nc3c([nH]1)CCC3)c1ccccc12. The summed E-state index contributed by atoms with van der Waals surface area (Å²) in [5.41, 5.74) is 3.95. The summed E-state index contributed by atoms with van der Waals surface area (Å²) in [5, 5.41) is 0. The Hall–Kier alpha value is -2.63. The van der Waals surface area contributed by atoms with E-state index in [0.717, 1.165) is 41.9 Å². The molecule has 1 amide bonds. The van der Waals surface area contributed by atoms with Gasteiger partial charge in [0.25, 0.3) is 0 Å². The van der Waals surface area contributed by atoms with Crippen LogP contribution in [0.25, 0.3) is 0 Å². The number of hydrogen-bond acceptors (Lipinski definition) is 4. The van der Waals surface area contributed by atoms with Gasteiger partial charge in [0.15, 0.2) is 5.78 Å². The van der Waals surface area contributed by atoms with Gasteiger partial charge in [-0.05, 0) is 44.2 Å². The minimum Gasteiger partial charge on any atom is -0.447 e. The minimum absolute atomic E-state index is 0.163. The molecule has 1 atom stereocenters. The summed E-state index contributed by atoms with van der Waals surface area (Å²) in [4.78, 5) is 35.6. The van der Waals surface area contributed by atoms with Gasteiger partial charge in [-0.1, -0.05) is 24.3 Å².